The van der Waals surface area contributed by atoms with Crippen LogP contribution in [-0.4, -0.2) is 23.5 Å². The van der Waals surface area contributed by atoms with Gasteiger partial charge >= 0.3 is 0 Å². The van der Waals surface area contributed by atoms with Crippen LogP contribution in [0.1, 0.15) is 57.6 Å². The van der Waals surface area contributed by atoms with Crippen molar-refractivity contribution in [3.63, 3.8) is 0 Å². The predicted octanol–water partition coefficient (Wildman–Crippen LogP) is 3.54. The van der Waals surface area contributed by atoms with E-state index in [-0.39, 0.29) is 0 Å². The molecule has 1 fully saturated rings. The molecule has 1 atom stereocenters. The lowest BCUT2D eigenvalue weighted by molar-refractivity contribution is 0.156. The molecule has 0 spiro atoms. The highest BCUT2D eigenvalue weighted by molar-refractivity contribution is 5.01. The summed E-state index contributed by atoms with van der Waals surface area (Å²) in [7, 11) is 0. The molecular formula is C16H28N2O. The Morgan fingerprint density at radius 1 is 1.37 bits per heavy atom. The van der Waals surface area contributed by atoms with E-state index >= 15 is 0 Å². The van der Waals surface area contributed by atoms with Gasteiger partial charge in [0.05, 0.1) is 12.8 Å². The number of hydrogen-bond acceptors (Lipinski definition) is 3. The summed E-state index contributed by atoms with van der Waals surface area (Å²) in [6.07, 6.45) is 10.9. The van der Waals surface area contributed by atoms with Crippen molar-refractivity contribution in [2.75, 3.05) is 6.54 Å². The Kier molecular flexibility index (Phi) is 5.93. The summed E-state index contributed by atoms with van der Waals surface area (Å²) in [4.78, 5) is 2.57. The van der Waals surface area contributed by atoms with E-state index in [4.69, 9.17) is 10.2 Å². The first-order chi connectivity index (χ1) is 9.35. The lowest BCUT2D eigenvalue weighted by Gasteiger charge is -2.30. The normalized spacial score (nSPS) is 17.0. The van der Waals surface area contributed by atoms with Crippen LogP contribution in [0.2, 0.25) is 0 Å². The van der Waals surface area contributed by atoms with Crippen LogP contribution in [0, 0.1) is 0 Å². The summed E-state index contributed by atoms with van der Waals surface area (Å²) in [5, 5.41) is 0. The molecule has 1 saturated carbocycles. The summed E-state index contributed by atoms with van der Waals surface area (Å²) < 4.78 is 5.50. The van der Waals surface area contributed by atoms with Gasteiger partial charge in [-0.1, -0.05) is 32.6 Å². The van der Waals surface area contributed by atoms with Crippen molar-refractivity contribution in [3.05, 3.63) is 24.2 Å². The van der Waals surface area contributed by atoms with Crippen LogP contribution < -0.4 is 5.73 Å². The van der Waals surface area contributed by atoms with Crippen LogP contribution in [0.5, 0.6) is 0 Å². The maximum absolute atomic E-state index is 6.01. The molecule has 19 heavy (non-hydrogen) atoms. The van der Waals surface area contributed by atoms with Gasteiger partial charge in [-0.2, -0.15) is 0 Å². The van der Waals surface area contributed by atoms with Crippen molar-refractivity contribution in [3.8, 4) is 0 Å². The Morgan fingerprint density at radius 2 is 2.21 bits per heavy atom. The quantitative estimate of drug-likeness (QED) is 0.657. The van der Waals surface area contributed by atoms with Crippen molar-refractivity contribution in [2.24, 2.45) is 5.73 Å². The van der Waals surface area contributed by atoms with Crippen LogP contribution in [0.4, 0.5) is 0 Å². The summed E-state index contributed by atoms with van der Waals surface area (Å²) in [6, 6.07) is 5.30. The fraction of sp³-hybridized carbons (Fsp3) is 0.750. The molecule has 0 bridgehead atoms. The zero-order valence-electron chi connectivity index (χ0n) is 12.2. The van der Waals surface area contributed by atoms with Gasteiger partial charge in [0.25, 0.3) is 0 Å². The Hall–Kier alpha value is -0.800. The third kappa shape index (κ3) is 4.66. The monoisotopic (exact) mass is 264 g/mol. The smallest absolute Gasteiger partial charge is 0.117 e. The molecule has 0 radical (unpaired) electrons. The SMILES string of the molecule is CCCCCCC(CN)N(Cc1ccco1)C1CC1. The molecule has 3 heteroatoms. The average molecular weight is 264 g/mol. The van der Waals surface area contributed by atoms with E-state index in [2.05, 4.69) is 17.9 Å². The van der Waals surface area contributed by atoms with Gasteiger partial charge < -0.3 is 10.2 Å². The summed E-state index contributed by atoms with van der Waals surface area (Å²) in [5.41, 5.74) is 6.01. The van der Waals surface area contributed by atoms with Gasteiger partial charge in [0.1, 0.15) is 5.76 Å². The van der Waals surface area contributed by atoms with Gasteiger partial charge in [0.2, 0.25) is 0 Å². The van der Waals surface area contributed by atoms with E-state index < -0.39 is 0 Å². The Bertz CT molecular complexity index is 333. The first-order valence-corrected chi connectivity index (χ1v) is 7.83. The zero-order chi connectivity index (χ0) is 13.5. The van der Waals surface area contributed by atoms with Gasteiger partial charge in [-0.25, -0.2) is 0 Å². The summed E-state index contributed by atoms with van der Waals surface area (Å²) >= 11 is 0. The lowest BCUT2D eigenvalue weighted by Crippen LogP contribution is -2.41. The average Bonchev–Trinajstić information content (AvgIpc) is 3.14. The van der Waals surface area contributed by atoms with Crippen molar-refractivity contribution in [2.45, 2.75) is 70.5 Å². The molecule has 1 aromatic heterocycles. The molecule has 1 aliphatic carbocycles. The van der Waals surface area contributed by atoms with E-state index in [0.717, 1.165) is 24.9 Å². The second kappa shape index (κ2) is 7.71. The zero-order valence-corrected chi connectivity index (χ0v) is 12.2. The maximum atomic E-state index is 6.01. The van der Waals surface area contributed by atoms with Gasteiger partial charge in [-0.3, -0.25) is 4.90 Å². The van der Waals surface area contributed by atoms with Crippen molar-refractivity contribution >= 4 is 0 Å². The first-order valence-electron chi connectivity index (χ1n) is 7.83. The minimum Gasteiger partial charge on any atom is -0.468 e. The predicted molar refractivity (Wildman–Crippen MR) is 78.9 cm³/mol. The third-order valence-electron chi connectivity index (χ3n) is 4.07. The molecule has 2 N–H and O–H groups in total. The standard InChI is InChI=1S/C16H28N2O/c1-2-3-4-5-7-15(12-17)18(14-9-10-14)13-16-8-6-11-19-16/h6,8,11,14-15H,2-5,7,9-10,12-13,17H2,1H3. The van der Waals surface area contributed by atoms with Crippen LogP contribution in [-0.2, 0) is 6.54 Å². The number of furan rings is 1. The highest BCUT2D eigenvalue weighted by Crippen LogP contribution is 2.31. The minimum absolute atomic E-state index is 0.523. The van der Waals surface area contributed by atoms with E-state index in [1.54, 1.807) is 6.26 Å². The van der Waals surface area contributed by atoms with Crippen molar-refractivity contribution in [1.29, 1.82) is 0 Å². The van der Waals surface area contributed by atoms with E-state index in [9.17, 15) is 0 Å². The van der Waals surface area contributed by atoms with Crippen LogP contribution in [0.25, 0.3) is 0 Å². The lowest BCUT2D eigenvalue weighted by atomic mass is 10.1. The van der Waals surface area contributed by atoms with Crippen molar-refractivity contribution < 1.29 is 4.42 Å². The van der Waals surface area contributed by atoms with Gasteiger partial charge in [0.15, 0.2) is 0 Å². The van der Waals surface area contributed by atoms with E-state index in [1.165, 1.54) is 44.9 Å². The Labute approximate surface area is 117 Å². The number of hydrogen-bond donors (Lipinski definition) is 1. The van der Waals surface area contributed by atoms with E-state index in [1.807, 2.05) is 6.07 Å². The molecule has 0 amide bonds. The van der Waals surface area contributed by atoms with Crippen LogP contribution in [0.3, 0.4) is 0 Å². The van der Waals surface area contributed by atoms with Gasteiger partial charge in [0, 0.05) is 18.6 Å². The molecule has 1 aromatic rings. The Morgan fingerprint density at radius 3 is 2.79 bits per heavy atom. The number of nitrogens with zero attached hydrogens (tertiary/aromatic N) is 1. The first kappa shape index (κ1) is 14.6. The number of unbranched alkanes of at least 4 members (excludes halogenated alkanes) is 3. The highest BCUT2D eigenvalue weighted by Gasteiger charge is 2.33. The number of nitrogens with two attached hydrogens (primary N) is 1. The molecule has 1 aliphatic rings. The molecule has 0 aliphatic heterocycles. The third-order valence-corrected chi connectivity index (χ3v) is 4.07. The summed E-state index contributed by atoms with van der Waals surface area (Å²) in [5.74, 6) is 1.07. The highest BCUT2D eigenvalue weighted by atomic mass is 16.3. The maximum Gasteiger partial charge on any atom is 0.117 e. The number of rotatable bonds is 10. The van der Waals surface area contributed by atoms with Crippen LogP contribution >= 0.6 is 0 Å². The minimum atomic E-state index is 0.523. The van der Waals surface area contributed by atoms with Crippen molar-refractivity contribution in [1.82, 2.24) is 4.90 Å². The topological polar surface area (TPSA) is 42.4 Å². The molecule has 108 valence electrons. The molecule has 2 rings (SSSR count). The second-order valence-corrected chi connectivity index (χ2v) is 5.72. The Balaban J connectivity index is 1.84. The van der Waals surface area contributed by atoms with Gasteiger partial charge in [-0.05, 0) is 31.4 Å². The fourth-order valence-electron chi connectivity index (χ4n) is 2.77. The van der Waals surface area contributed by atoms with E-state index in [0.29, 0.717) is 6.04 Å². The molecule has 1 unspecified atom stereocenters. The molecule has 3 nitrogen and oxygen atoms in total. The fourth-order valence-corrected chi connectivity index (χ4v) is 2.77. The molecular weight excluding hydrogens is 236 g/mol. The second-order valence-electron chi connectivity index (χ2n) is 5.72. The van der Waals surface area contributed by atoms with Gasteiger partial charge in [-0.15, -0.1) is 0 Å². The largest absolute Gasteiger partial charge is 0.468 e. The summed E-state index contributed by atoms with van der Waals surface area (Å²) in [6.45, 7) is 3.95. The molecule has 1 heterocycles. The molecule has 0 saturated heterocycles. The van der Waals surface area contributed by atoms with Crippen LogP contribution in [0.15, 0.2) is 22.8 Å². The molecule has 0 aromatic carbocycles.